The molecule has 0 amide bonds. The number of rotatable bonds is 2. The zero-order valence-corrected chi connectivity index (χ0v) is 8.19. The zero-order valence-electron chi connectivity index (χ0n) is 7.38. The van der Waals surface area contributed by atoms with E-state index in [1.165, 1.54) is 0 Å². The summed E-state index contributed by atoms with van der Waals surface area (Å²) >= 11 is -0.797. The Morgan fingerprint density at radius 2 is 2.06 bits per heavy atom. The van der Waals surface area contributed by atoms with Crippen LogP contribution in [0.4, 0.5) is 23.2 Å². The van der Waals surface area contributed by atoms with E-state index in [0.717, 1.165) is 0 Å². The van der Waals surface area contributed by atoms with Gasteiger partial charge in [0.1, 0.15) is 10.6 Å². The molecule has 0 aromatic carbocycles. The number of carboxylic acids is 1. The van der Waals surface area contributed by atoms with E-state index in [4.69, 9.17) is 10.8 Å². The number of nitrogens with zero attached hydrogens (tertiary/aromatic N) is 1. The average molecular weight is 256 g/mol. The molecule has 0 bridgehead atoms. The lowest BCUT2D eigenvalue weighted by molar-refractivity contribution is -0.0330. The van der Waals surface area contributed by atoms with Crippen LogP contribution in [-0.4, -0.2) is 21.6 Å². The Morgan fingerprint density at radius 3 is 2.50 bits per heavy atom. The lowest BCUT2D eigenvalue weighted by atomic mass is 10.2. The Balaban J connectivity index is 3.17. The minimum absolute atomic E-state index is 0.578. The van der Waals surface area contributed by atoms with Gasteiger partial charge in [-0.1, -0.05) is 0 Å². The third-order valence-electron chi connectivity index (χ3n) is 1.47. The molecule has 1 heterocycles. The summed E-state index contributed by atoms with van der Waals surface area (Å²) in [6.07, 6.45) is 0.578. The molecule has 3 N–H and O–H groups in total. The third kappa shape index (κ3) is 2.75. The van der Waals surface area contributed by atoms with Crippen LogP contribution in [0, 0.1) is 5.82 Å². The summed E-state index contributed by atoms with van der Waals surface area (Å²) in [6, 6.07) is 0. The molecular formula is C7H4F4N2O2S. The summed E-state index contributed by atoms with van der Waals surface area (Å²) in [6.45, 7) is 0. The van der Waals surface area contributed by atoms with Gasteiger partial charge in [0, 0.05) is 18.0 Å². The normalized spacial score (nSPS) is 11.5. The van der Waals surface area contributed by atoms with Crippen LogP contribution in [0.3, 0.4) is 0 Å². The van der Waals surface area contributed by atoms with E-state index in [0.29, 0.717) is 6.20 Å². The summed E-state index contributed by atoms with van der Waals surface area (Å²) in [5.74, 6) is -3.05. The Bertz CT molecular complexity index is 435. The van der Waals surface area contributed by atoms with E-state index in [1.807, 2.05) is 0 Å². The fraction of sp³-hybridized carbons (Fsp3) is 0.143. The predicted octanol–water partition coefficient (Wildman–Crippen LogP) is 2.11. The monoisotopic (exact) mass is 256 g/mol. The van der Waals surface area contributed by atoms with Gasteiger partial charge in [-0.3, -0.25) is 0 Å². The number of hydrogen-bond acceptors (Lipinski definition) is 4. The molecule has 1 aromatic heterocycles. The van der Waals surface area contributed by atoms with E-state index < -0.39 is 45.3 Å². The van der Waals surface area contributed by atoms with Crippen molar-refractivity contribution in [1.29, 1.82) is 0 Å². The second-order valence-corrected chi connectivity index (χ2v) is 3.61. The van der Waals surface area contributed by atoms with Crippen molar-refractivity contribution in [2.24, 2.45) is 0 Å². The van der Waals surface area contributed by atoms with Gasteiger partial charge >= 0.3 is 11.5 Å². The maximum Gasteiger partial charge on any atom is 0.447 e. The third-order valence-corrected chi connectivity index (χ3v) is 2.18. The van der Waals surface area contributed by atoms with Gasteiger partial charge in [0.15, 0.2) is 5.82 Å². The standard InChI is InChI=1S/C7H4F4N2O2S/c8-3-4(12)2(6(14)15)1-13-5(3)16-7(9,10)11/h1H,(H2,12,13)(H,14,15). The highest BCUT2D eigenvalue weighted by atomic mass is 32.2. The molecule has 0 saturated heterocycles. The minimum atomic E-state index is -4.72. The molecule has 0 unspecified atom stereocenters. The molecule has 0 spiro atoms. The molecule has 0 fully saturated rings. The first kappa shape index (κ1) is 12.6. The van der Waals surface area contributed by atoms with Crippen molar-refractivity contribution in [2.45, 2.75) is 10.5 Å². The maximum atomic E-state index is 13.2. The quantitative estimate of drug-likeness (QED) is 0.626. The average Bonchev–Trinajstić information content (AvgIpc) is 2.10. The van der Waals surface area contributed by atoms with Gasteiger partial charge in [-0.25, -0.2) is 14.2 Å². The number of anilines is 1. The van der Waals surface area contributed by atoms with E-state index in [1.54, 1.807) is 0 Å². The molecule has 0 aliphatic heterocycles. The second-order valence-electron chi connectivity index (χ2n) is 2.56. The number of pyridine rings is 1. The first-order chi connectivity index (χ1) is 7.22. The summed E-state index contributed by atoms with van der Waals surface area (Å²) in [5, 5.41) is 7.49. The predicted molar refractivity (Wildman–Crippen MR) is 47.5 cm³/mol. The molecule has 0 radical (unpaired) electrons. The molecule has 0 atom stereocenters. The Morgan fingerprint density at radius 1 is 1.50 bits per heavy atom. The fourth-order valence-electron chi connectivity index (χ4n) is 0.834. The largest absolute Gasteiger partial charge is 0.478 e. The number of hydrogen-bond donors (Lipinski definition) is 2. The number of nitrogens with two attached hydrogens (primary N) is 1. The second kappa shape index (κ2) is 4.16. The number of aromatic nitrogens is 1. The Kier molecular flexibility index (Phi) is 3.27. The van der Waals surface area contributed by atoms with Crippen LogP contribution in [0.5, 0.6) is 0 Å². The molecule has 0 saturated carbocycles. The molecule has 1 aromatic rings. The van der Waals surface area contributed by atoms with Gasteiger partial charge in [0.05, 0.1) is 5.69 Å². The lowest BCUT2D eigenvalue weighted by Gasteiger charge is -2.08. The van der Waals surface area contributed by atoms with Gasteiger partial charge in [0.2, 0.25) is 0 Å². The van der Waals surface area contributed by atoms with Gasteiger partial charge in [-0.05, 0) is 0 Å². The highest BCUT2D eigenvalue weighted by molar-refractivity contribution is 8.00. The first-order valence-corrected chi connectivity index (χ1v) is 4.47. The first-order valence-electron chi connectivity index (χ1n) is 3.65. The molecule has 16 heavy (non-hydrogen) atoms. The SMILES string of the molecule is Nc1c(C(=O)O)cnc(SC(F)(F)F)c1F. The molecule has 0 aliphatic rings. The Labute approximate surface area is 90.5 Å². The van der Waals surface area contributed by atoms with Crippen molar-refractivity contribution in [3.8, 4) is 0 Å². The molecular weight excluding hydrogens is 252 g/mol. The number of aromatic carboxylic acids is 1. The smallest absolute Gasteiger partial charge is 0.447 e. The van der Waals surface area contributed by atoms with Crippen LogP contribution in [0.15, 0.2) is 11.2 Å². The van der Waals surface area contributed by atoms with Gasteiger partial charge in [-0.2, -0.15) is 13.2 Å². The van der Waals surface area contributed by atoms with Crippen molar-refractivity contribution >= 4 is 23.4 Å². The van der Waals surface area contributed by atoms with Crippen LogP contribution in [0.2, 0.25) is 0 Å². The van der Waals surface area contributed by atoms with Crippen LogP contribution in [0.25, 0.3) is 0 Å². The van der Waals surface area contributed by atoms with Crippen molar-refractivity contribution in [2.75, 3.05) is 5.73 Å². The molecule has 1 rings (SSSR count). The maximum absolute atomic E-state index is 13.2. The lowest BCUT2D eigenvalue weighted by Crippen LogP contribution is -2.09. The van der Waals surface area contributed by atoms with Crippen LogP contribution >= 0.6 is 11.8 Å². The summed E-state index contributed by atoms with van der Waals surface area (Å²) in [4.78, 5) is 13.5. The molecule has 88 valence electrons. The van der Waals surface area contributed by atoms with Gasteiger partial charge in [0.25, 0.3) is 0 Å². The van der Waals surface area contributed by atoms with Crippen molar-refractivity contribution < 1.29 is 27.5 Å². The molecule has 0 aliphatic carbocycles. The number of nitrogen functional groups attached to an aromatic ring is 1. The number of carbonyl (C=O) groups is 1. The zero-order chi connectivity index (χ0) is 12.5. The van der Waals surface area contributed by atoms with Gasteiger partial charge < -0.3 is 10.8 Å². The van der Waals surface area contributed by atoms with E-state index >= 15 is 0 Å². The number of alkyl halides is 3. The summed E-state index contributed by atoms with van der Waals surface area (Å²) in [5.41, 5.74) is -1.23. The Hall–Kier alpha value is -1.51. The summed E-state index contributed by atoms with van der Waals surface area (Å²) < 4.78 is 48.9. The number of carboxylic acid groups (broad SMARTS) is 1. The van der Waals surface area contributed by atoms with Crippen molar-refractivity contribution in [3.05, 3.63) is 17.6 Å². The summed E-state index contributed by atoms with van der Waals surface area (Å²) in [7, 11) is 0. The topological polar surface area (TPSA) is 76.2 Å². The number of halogens is 4. The van der Waals surface area contributed by atoms with Crippen LogP contribution < -0.4 is 5.73 Å². The number of thioether (sulfide) groups is 1. The van der Waals surface area contributed by atoms with Gasteiger partial charge in [-0.15, -0.1) is 0 Å². The highest BCUT2D eigenvalue weighted by Crippen LogP contribution is 2.38. The fourth-order valence-corrected chi connectivity index (χ4v) is 1.36. The van der Waals surface area contributed by atoms with Crippen molar-refractivity contribution in [1.82, 2.24) is 4.98 Å². The highest BCUT2D eigenvalue weighted by Gasteiger charge is 2.32. The van der Waals surface area contributed by atoms with E-state index in [2.05, 4.69) is 4.98 Å². The minimum Gasteiger partial charge on any atom is -0.478 e. The molecule has 4 nitrogen and oxygen atoms in total. The van der Waals surface area contributed by atoms with E-state index in [-0.39, 0.29) is 0 Å². The molecule has 9 heteroatoms. The van der Waals surface area contributed by atoms with Crippen LogP contribution in [0.1, 0.15) is 10.4 Å². The van der Waals surface area contributed by atoms with E-state index in [9.17, 15) is 22.4 Å². The van der Waals surface area contributed by atoms with Crippen molar-refractivity contribution in [3.63, 3.8) is 0 Å². The van der Waals surface area contributed by atoms with Crippen LogP contribution in [-0.2, 0) is 0 Å².